The first-order chi connectivity index (χ1) is 11.2. The van der Waals surface area contributed by atoms with E-state index in [9.17, 15) is 0 Å². The van der Waals surface area contributed by atoms with Gasteiger partial charge in [0.15, 0.2) is 5.96 Å². The highest BCUT2D eigenvalue weighted by Gasteiger charge is 2.20. The van der Waals surface area contributed by atoms with Gasteiger partial charge in [0.1, 0.15) is 0 Å². The zero-order valence-corrected chi connectivity index (χ0v) is 14.8. The van der Waals surface area contributed by atoms with Crippen molar-refractivity contribution in [3.05, 3.63) is 18.5 Å². The van der Waals surface area contributed by atoms with Gasteiger partial charge >= 0.3 is 0 Å². The van der Waals surface area contributed by atoms with Crippen LogP contribution in [0.25, 0.3) is 0 Å². The number of piperidine rings is 1. The van der Waals surface area contributed by atoms with Crippen molar-refractivity contribution in [2.45, 2.75) is 45.7 Å². The van der Waals surface area contributed by atoms with Gasteiger partial charge in [-0.05, 0) is 44.7 Å². The molecule has 2 rings (SSSR count). The summed E-state index contributed by atoms with van der Waals surface area (Å²) in [6.45, 7) is 9.86. The minimum absolute atomic E-state index is 0.542. The van der Waals surface area contributed by atoms with Gasteiger partial charge in [0.2, 0.25) is 0 Å². The summed E-state index contributed by atoms with van der Waals surface area (Å²) in [6, 6.07) is 2.50. The smallest absolute Gasteiger partial charge is 0.191 e. The minimum atomic E-state index is 0.542. The molecule has 1 aromatic heterocycles. The molecule has 0 spiro atoms. The second-order valence-corrected chi connectivity index (χ2v) is 6.59. The van der Waals surface area contributed by atoms with Gasteiger partial charge < -0.3 is 10.6 Å². The normalized spacial score (nSPS) is 21.2. The molecule has 2 atom stereocenters. The number of nitrogens with one attached hydrogen (secondary N) is 2. The third-order valence-electron chi connectivity index (χ3n) is 4.52. The van der Waals surface area contributed by atoms with E-state index in [-0.39, 0.29) is 0 Å². The predicted octanol–water partition coefficient (Wildman–Crippen LogP) is 1.56. The Morgan fingerprint density at radius 3 is 3.00 bits per heavy atom. The predicted molar refractivity (Wildman–Crippen MR) is 95.6 cm³/mol. The van der Waals surface area contributed by atoms with Gasteiger partial charge in [0.25, 0.3) is 0 Å². The van der Waals surface area contributed by atoms with Crippen molar-refractivity contribution in [2.24, 2.45) is 10.9 Å². The molecule has 23 heavy (non-hydrogen) atoms. The Labute approximate surface area is 140 Å². The van der Waals surface area contributed by atoms with Crippen LogP contribution in [-0.4, -0.2) is 59.9 Å². The number of guanidine groups is 1. The lowest BCUT2D eigenvalue weighted by Gasteiger charge is -2.35. The molecule has 130 valence electrons. The molecule has 1 fully saturated rings. The van der Waals surface area contributed by atoms with Crippen LogP contribution in [0.2, 0.25) is 0 Å². The van der Waals surface area contributed by atoms with Gasteiger partial charge in [-0.3, -0.25) is 14.6 Å². The monoisotopic (exact) mass is 320 g/mol. The van der Waals surface area contributed by atoms with Crippen LogP contribution in [0.15, 0.2) is 23.5 Å². The lowest BCUT2D eigenvalue weighted by molar-refractivity contribution is 0.139. The van der Waals surface area contributed by atoms with Crippen molar-refractivity contribution < 1.29 is 0 Å². The Bertz CT molecular complexity index is 456. The molecule has 0 saturated carbocycles. The van der Waals surface area contributed by atoms with Crippen LogP contribution in [-0.2, 0) is 6.54 Å². The third-order valence-corrected chi connectivity index (χ3v) is 4.52. The number of aromatic nitrogens is 2. The van der Waals surface area contributed by atoms with Crippen LogP contribution in [0.5, 0.6) is 0 Å². The van der Waals surface area contributed by atoms with E-state index in [2.05, 4.69) is 39.5 Å². The molecule has 1 aromatic rings. The SMILES string of the molecule is CN=C(NCCCn1cccn1)NCC(C)N1CCCC(C)C1. The van der Waals surface area contributed by atoms with Crippen LogP contribution in [0.4, 0.5) is 0 Å². The average Bonchev–Trinajstić information content (AvgIpc) is 3.07. The quantitative estimate of drug-likeness (QED) is 0.455. The maximum atomic E-state index is 4.31. The van der Waals surface area contributed by atoms with E-state index in [0.29, 0.717) is 6.04 Å². The largest absolute Gasteiger partial charge is 0.356 e. The summed E-state index contributed by atoms with van der Waals surface area (Å²) in [6.07, 6.45) is 7.54. The lowest BCUT2D eigenvalue weighted by atomic mass is 9.99. The Morgan fingerprint density at radius 2 is 2.30 bits per heavy atom. The van der Waals surface area contributed by atoms with Gasteiger partial charge in [-0.15, -0.1) is 0 Å². The molecular weight excluding hydrogens is 288 g/mol. The second kappa shape index (κ2) is 9.55. The van der Waals surface area contributed by atoms with E-state index in [4.69, 9.17) is 0 Å². The summed E-state index contributed by atoms with van der Waals surface area (Å²) < 4.78 is 1.96. The Kier molecular flexibility index (Phi) is 7.39. The summed E-state index contributed by atoms with van der Waals surface area (Å²) >= 11 is 0. The summed E-state index contributed by atoms with van der Waals surface area (Å²) in [4.78, 5) is 6.90. The third kappa shape index (κ3) is 6.22. The number of aliphatic imine (C=N–C) groups is 1. The molecular formula is C17H32N6. The summed E-state index contributed by atoms with van der Waals surface area (Å²) in [5.74, 6) is 1.72. The Balaban J connectivity index is 1.62. The van der Waals surface area contributed by atoms with Crippen molar-refractivity contribution >= 4 is 5.96 Å². The fourth-order valence-corrected chi connectivity index (χ4v) is 3.10. The van der Waals surface area contributed by atoms with E-state index >= 15 is 0 Å². The van der Waals surface area contributed by atoms with Gasteiger partial charge in [-0.1, -0.05) is 6.92 Å². The van der Waals surface area contributed by atoms with E-state index in [1.54, 1.807) is 0 Å². The van der Waals surface area contributed by atoms with Crippen molar-refractivity contribution in [3.8, 4) is 0 Å². The lowest BCUT2D eigenvalue weighted by Crippen LogP contribution is -2.48. The fraction of sp³-hybridized carbons (Fsp3) is 0.765. The molecule has 6 nitrogen and oxygen atoms in total. The van der Waals surface area contributed by atoms with Gasteiger partial charge in [-0.25, -0.2) is 0 Å². The number of likely N-dealkylation sites (tertiary alicyclic amines) is 1. The first kappa shape index (κ1) is 17.8. The summed E-state index contributed by atoms with van der Waals surface area (Å²) in [5, 5.41) is 11.0. The molecule has 2 unspecified atom stereocenters. The van der Waals surface area contributed by atoms with E-state index in [1.807, 2.05) is 30.2 Å². The Morgan fingerprint density at radius 1 is 1.43 bits per heavy atom. The van der Waals surface area contributed by atoms with Crippen LogP contribution < -0.4 is 10.6 Å². The molecule has 2 N–H and O–H groups in total. The van der Waals surface area contributed by atoms with Crippen molar-refractivity contribution in [3.63, 3.8) is 0 Å². The van der Waals surface area contributed by atoms with Crippen molar-refractivity contribution in [2.75, 3.05) is 33.2 Å². The highest BCUT2D eigenvalue weighted by molar-refractivity contribution is 5.79. The fourth-order valence-electron chi connectivity index (χ4n) is 3.10. The van der Waals surface area contributed by atoms with Gasteiger partial charge in [0.05, 0.1) is 0 Å². The van der Waals surface area contributed by atoms with E-state index in [0.717, 1.165) is 37.9 Å². The zero-order chi connectivity index (χ0) is 16.5. The first-order valence-electron chi connectivity index (χ1n) is 8.85. The number of hydrogen-bond acceptors (Lipinski definition) is 3. The minimum Gasteiger partial charge on any atom is -0.356 e. The first-order valence-corrected chi connectivity index (χ1v) is 8.85. The molecule has 6 heteroatoms. The van der Waals surface area contributed by atoms with E-state index in [1.165, 1.54) is 25.9 Å². The van der Waals surface area contributed by atoms with Gasteiger partial charge in [0, 0.05) is 51.7 Å². The van der Waals surface area contributed by atoms with Crippen molar-refractivity contribution in [1.82, 2.24) is 25.3 Å². The standard InChI is InChI=1S/C17H32N6/c1-15-7-4-10-22(14-15)16(2)13-20-17(18-3)19-8-5-11-23-12-6-9-21-23/h6,9,12,15-16H,4-5,7-8,10-11,13-14H2,1-3H3,(H2,18,19,20). The van der Waals surface area contributed by atoms with Crippen LogP contribution in [0.3, 0.4) is 0 Å². The number of nitrogens with zero attached hydrogens (tertiary/aromatic N) is 4. The van der Waals surface area contributed by atoms with Crippen LogP contribution in [0.1, 0.15) is 33.1 Å². The number of hydrogen-bond donors (Lipinski definition) is 2. The van der Waals surface area contributed by atoms with E-state index < -0.39 is 0 Å². The van der Waals surface area contributed by atoms with Crippen LogP contribution in [0, 0.1) is 5.92 Å². The number of aryl methyl sites for hydroxylation is 1. The molecule has 2 heterocycles. The van der Waals surface area contributed by atoms with Crippen molar-refractivity contribution in [1.29, 1.82) is 0 Å². The maximum absolute atomic E-state index is 4.31. The molecule has 0 aliphatic carbocycles. The highest BCUT2D eigenvalue weighted by Crippen LogP contribution is 2.17. The second-order valence-electron chi connectivity index (χ2n) is 6.59. The van der Waals surface area contributed by atoms with Crippen LogP contribution >= 0.6 is 0 Å². The molecule has 1 aliphatic heterocycles. The maximum Gasteiger partial charge on any atom is 0.191 e. The highest BCUT2D eigenvalue weighted by atomic mass is 15.3. The summed E-state index contributed by atoms with van der Waals surface area (Å²) in [5.41, 5.74) is 0. The molecule has 0 aromatic carbocycles. The molecule has 1 saturated heterocycles. The molecule has 0 radical (unpaired) electrons. The van der Waals surface area contributed by atoms with Gasteiger partial charge in [-0.2, -0.15) is 5.10 Å². The molecule has 0 bridgehead atoms. The summed E-state index contributed by atoms with van der Waals surface area (Å²) in [7, 11) is 1.83. The number of rotatable bonds is 7. The Hall–Kier alpha value is -1.56. The average molecular weight is 320 g/mol. The topological polar surface area (TPSA) is 57.5 Å². The zero-order valence-electron chi connectivity index (χ0n) is 14.8. The molecule has 0 amide bonds. The molecule has 1 aliphatic rings.